The Morgan fingerprint density at radius 3 is 2.74 bits per heavy atom. The molecule has 0 saturated carbocycles. The fraction of sp³-hybridized carbons (Fsp3) is 0.500. The van der Waals surface area contributed by atoms with Gasteiger partial charge in [0.25, 0.3) is 0 Å². The lowest BCUT2D eigenvalue weighted by Gasteiger charge is -2.18. The molecule has 1 heterocycles. The summed E-state index contributed by atoms with van der Waals surface area (Å²) in [6, 6.07) is 3.52. The van der Waals surface area contributed by atoms with Crippen LogP contribution in [0.5, 0.6) is 0 Å². The zero-order valence-electron chi connectivity index (χ0n) is 11.1. The minimum atomic E-state index is -0.589. The number of nitrogens with one attached hydrogen (secondary N) is 1. The van der Waals surface area contributed by atoms with Crippen molar-refractivity contribution in [3.63, 3.8) is 0 Å². The van der Waals surface area contributed by atoms with E-state index in [1.54, 1.807) is 11.8 Å². The Bertz CT molecular complexity index is 473. The molecular weight excluding hydrogens is 266 g/mol. The monoisotopic (exact) mass is 284 g/mol. The van der Waals surface area contributed by atoms with Crippen molar-refractivity contribution in [3.05, 3.63) is 29.8 Å². The van der Waals surface area contributed by atoms with Crippen molar-refractivity contribution in [1.29, 1.82) is 0 Å². The average Bonchev–Trinajstić information content (AvgIpc) is 2.83. The third-order valence-corrected chi connectivity index (χ3v) is 4.72. The highest BCUT2D eigenvalue weighted by atomic mass is 32.2. The standard InChI is InChI=1S/C14H18F2N2S/c1-3-9(4-2)13-8-17-14(19-13)18-12-6-5-10(15)7-11(12)16/h5-7,9,13H,3-4,8H2,1-2H3,(H,17,18). The number of amidine groups is 1. The number of anilines is 1. The number of rotatable bonds is 4. The molecule has 0 spiro atoms. The lowest BCUT2D eigenvalue weighted by molar-refractivity contribution is 0.479. The first-order chi connectivity index (χ1) is 9.13. The van der Waals surface area contributed by atoms with E-state index in [9.17, 15) is 8.78 Å². The summed E-state index contributed by atoms with van der Waals surface area (Å²) in [5.74, 6) is -0.528. The normalized spacial score (nSPS) is 18.8. The molecule has 1 unspecified atom stereocenters. The highest BCUT2D eigenvalue weighted by Gasteiger charge is 2.26. The van der Waals surface area contributed by atoms with Gasteiger partial charge in [0, 0.05) is 11.3 Å². The molecule has 0 amide bonds. The molecule has 1 N–H and O–H groups in total. The first kappa shape index (κ1) is 14.3. The molecule has 1 atom stereocenters. The maximum atomic E-state index is 13.5. The van der Waals surface area contributed by atoms with Crippen LogP contribution in [-0.2, 0) is 0 Å². The molecule has 0 saturated heterocycles. The Hall–Kier alpha value is -1.10. The Balaban J connectivity index is 1.98. The van der Waals surface area contributed by atoms with Crippen LogP contribution in [0.4, 0.5) is 14.5 Å². The second-order valence-corrected chi connectivity index (χ2v) is 5.86. The first-order valence-electron chi connectivity index (χ1n) is 6.57. The van der Waals surface area contributed by atoms with Crippen molar-refractivity contribution < 1.29 is 8.78 Å². The van der Waals surface area contributed by atoms with Crippen molar-refractivity contribution in [2.24, 2.45) is 10.9 Å². The van der Waals surface area contributed by atoms with Gasteiger partial charge in [0.1, 0.15) is 11.6 Å². The second-order valence-electron chi connectivity index (χ2n) is 4.63. The van der Waals surface area contributed by atoms with Crippen molar-refractivity contribution in [1.82, 2.24) is 0 Å². The fourth-order valence-electron chi connectivity index (χ4n) is 2.23. The number of hydrogen-bond donors (Lipinski definition) is 1. The van der Waals surface area contributed by atoms with Crippen LogP contribution in [0.25, 0.3) is 0 Å². The highest BCUT2D eigenvalue weighted by Crippen LogP contribution is 2.31. The van der Waals surface area contributed by atoms with Gasteiger partial charge >= 0.3 is 0 Å². The highest BCUT2D eigenvalue weighted by molar-refractivity contribution is 8.15. The molecule has 2 rings (SSSR count). The Morgan fingerprint density at radius 2 is 2.11 bits per heavy atom. The molecule has 1 aliphatic rings. The molecule has 0 aromatic heterocycles. The van der Waals surface area contributed by atoms with E-state index in [1.165, 1.54) is 12.1 Å². The summed E-state index contributed by atoms with van der Waals surface area (Å²) in [4.78, 5) is 4.40. The molecule has 0 bridgehead atoms. The molecule has 0 fully saturated rings. The van der Waals surface area contributed by atoms with Crippen LogP contribution in [0, 0.1) is 17.6 Å². The summed E-state index contributed by atoms with van der Waals surface area (Å²) in [5, 5.41) is 4.12. The molecule has 2 nitrogen and oxygen atoms in total. The predicted octanol–water partition coefficient (Wildman–Crippen LogP) is 4.28. The molecular formula is C14H18F2N2S. The smallest absolute Gasteiger partial charge is 0.161 e. The van der Waals surface area contributed by atoms with E-state index in [1.807, 2.05) is 0 Å². The van der Waals surface area contributed by atoms with Crippen molar-refractivity contribution in [2.45, 2.75) is 31.9 Å². The van der Waals surface area contributed by atoms with Crippen LogP contribution in [0.1, 0.15) is 26.7 Å². The van der Waals surface area contributed by atoms with Gasteiger partial charge in [-0.15, -0.1) is 0 Å². The molecule has 0 radical (unpaired) electrons. The van der Waals surface area contributed by atoms with Crippen LogP contribution in [0.15, 0.2) is 23.2 Å². The van der Waals surface area contributed by atoms with E-state index in [4.69, 9.17) is 0 Å². The third kappa shape index (κ3) is 3.47. The van der Waals surface area contributed by atoms with Gasteiger partial charge < -0.3 is 5.32 Å². The van der Waals surface area contributed by atoms with Crippen LogP contribution in [-0.4, -0.2) is 17.0 Å². The topological polar surface area (TPSA) is 24.4 Å². The number of nitrogens with zero attached hydrogens (tertiary/aromatic N) is 1. The summed E-state index contributed by atoms with van der Waals surface area (Å²) in [5.41, 5.74) is 0.276. The Labute approximate surface area is 116 Å². The number of aliphatic imine (C=N–C) groups is 1. The minimum Gasteiger partial charge on any atom is -0.333 e. The molecule has 104 valence electrons. The van der Waals surface area contributed by atoms with Gasteiger partial charge in [0.05, 0.1) is 12.2 Å². The summed E-state index contributed by atoms with van der Waals surface area (Å²) in [6.07, 6.45) is 2.25. The Morgan fingerprint density at radius 1 is 1.37 bits per heavy atom. The van der Waals surface area contributed by atoms with Crippen molar-refractivity contribution in [2.75, 3.05) is 11.9 Å². The SMILES string of the molecule is CCC(CC)C1CN=C(Nc2ccc(F)cc2F)S1. The quantitative estimate of drug-likeness (QED) is 0.892. The predicted molar refractivity (Wildman–Crippen MR) is 77.7 cm³/mol. The number of benzene rings is 1. The lowest BCUT2D eigenvalue weighted by Crippen LogP contribution is -2.17. The molecule has 5 heteroatoms. The molecule has 1 aromatic carbocycles. The van der Waals surface area contributed by atoms with E-state index < -0.39 is 11.6 Å². The number of thioether (sulfide) groups is 1. The molecule has 0 aliphatic carbocycles. The fourth-order valence-corrected chi connectivity index (χ4v) is 3.56. The van der Waals surface area contributed by atoms with E-state index in [0.29, 0.717) is 11.2 Å². The zero-order valence-corrected chi connectivity index (χ0v) is 11.9. The lowest BCUT2D eigenvalue weighted by atomic mass is 9.99. The van der Waals surface area contributed by atoms with E-state index >= 15 is 0 Å². The van der Waals surface area contributed by atoms with Crippen LogP contribution in [0.3, 0.4) is 0 Å². The first-order valence-corrected chi connectivity index (χ1v) is 7.45. The van der Waals surface area contributed by atoms with E-state index in [0.717, 1.165) is 30.6 Å². The number of halogens is 2. The van der Waals surface area contributed by atoms with E-state index in [-0.39, 0.29) is 5.69 Å². The van der Waals surface area contributed by atoms with Crippen molar-refractivity contribution in [3.8, 4) is 0 Å². The number of hydrogen-bond acceptors (Lipinski definition) is 3. The molecule has 1 aliphatic heterocycles. The van der Waals surface area contributed by atoms with Gasteiger partial charge in [-0.1, -0.05) is 38.5 Å². The zero-order chi connectivity index (χ0) is 13.8. The van der Waals surface area contributed by atoms with Gasteiger partial charge in [-0.3, -0.25) is 4.99 Å². The van der Waals surface area contributed by atoms with Gasteiger partial charge in [0.15, 0.2) is 5.17 Å². The summed E-state index contributed by atoms with van der Waals surface area (Å²) in [7, 11) is 0. The maximum absolute atomic E-state index is 13.5. The Kier molecular flexibility index (Phi) is 4.80. The minimum absolute atomic E-state index is 0.276. The average molecular weight is 284 g/mol. The largest absolute Gasteiger partial charge is 0.333 e. The summed E-state index contributed by atoms with van der Waals surface area (Å²) in [6.45, 7) is 5.13. The van der Waals surface area contributed by atoms with Crippen LogP contribution >= 0.6 is 11.8 Å². The van der Waals surface area contributed by atoms with Gasteiger partial charge in [0.2, 0.25) is 0 Å². The van der Waals surface area contributed by atoms with Gasteiger partial charge in [-0.2, -0.15) is 0 Å². The summed E-state index contributed by atoms with van der Waals surface area (Å²) >= 11 is 1.65. The second kappa shape index (κ2) is 6.37. The third-order valence-electron chi connectivity index (χ3n) is 3.43. The van der Waals surface area contributed by atoms with Gasteiger partial charge in [-0.25, -0.2) is 8.78 Å². The molecule has 19 heavy (non-hydrogen) atoms. The van der Waals surface area contributed by atoms with Crippen LogP contribution < -0.4 is 5.32 Å². The van der Waals surface area contributed by atoms with E-state index in [2.05, 4.69) is 24.2 Å². The maximum Gasteiger partial charge on any atom is 0.161 e. The molecule has 1 aromatic rings. The van der Waals surface area contributed by atoms with Gasteiger partial charge in [-0.05, 0) is 18.1 Å². The summed E-state index contributed by atoms with van der Waals surface area (Å²) < 4.78 is 26.3. The van der Waals surface area contributed by atoms with Crippen molar-refractivity contribution >= 4 is 22.6 Å². The van der Waals surface area contributed by atoms with Crippen LogP contribution in [0.2, 0.25) is 0 Å².